The van der Waals surface area contributed by atoms with E-state index in [0.717, 1.165) is 0 Å². The molecule has 0 aromatic carbocycles. The fourth-order valence-corrected chi connectivity index (χ4v) is 0.798. The minimum Gasteiger partial charge on any atom is -0.475 e. The van der Waals surface area contributed by atoms with Crippen molar-refractivity contribution in [2.24, 2.45) is 0 Å². The second-order valence-corrected chi connectivity index (χ2v) is 2.20. The van der Waals surface area contributed by atoms with Gasteiger partial charge in [0.15, 0.2) is 0 Å². The summed E-state index contributed by atoms with van der Waals surface area (Å²) in [4.78, 5) is 14.0. The van der Waals surface area contributed by atoms with Gasteiger partial charge in [-0.25, -0.2) is 14.5 Å². The fraction of sp³-hybridized carbons (Fsp3) is 0. The summed E-state index contributed by atoms with van der Waals surface area (Å²) in [5, 5.41) is 15.6. The maximum Gasteiger partial charge on any atom is 0.375 e. The molecule has 0 spiro atoms. The van der Waals surface area contributed by atoms with Crippen LogP contribution in [0.25, 0.3) is 5.69 Å². The van der Waals surface area contributed by atoms with Crippen molar-refractivity contribution in [2.75, 3.05) is 0 Å². The summed E-state index contributed by atoms with van der Waals surface area (Å²) in [6.45, 7) is 0. The van der Waals surface area contributed by atoms with E-state index in [1.54, 1.807) is 0 Å². The van der Waals surface area contributed by atoms with Gasteiger partial charge in [0.05, 0.1) is 6.20 Å². The first-order chi connectivity index (χ1) is 6.27. The molecule has 0 saturated carbocycles. The SMILES string of the molecule is O=C(O)c1ncn(-c2cnoc2)n1. The predicted molar refractivity (Wildman–Crippen MR) is 38.4 cm³/mol. The van der Waals surface area contributed by atoms with E-state index in [2.05, 4.69) is 19.8 Å². The molecule has 66 valence electrons. The number of carboxylic acid groups (broad SMARTS) is 1. The highest BCUT2D eigenvalue weighted by atomic mass is 16.5. The monoisotopic (exact) mass is 180 g/mol. The Hall–Kier alpha value is -2.18. The van der Waals surface area contributed by atoms with Crippen molar-refractivity contribution in [1.82, 2.24) is 19.9 Å². The molecule has 0 amide bonds. The molecule has 0 atom stereocenters. The normalized spacial score (nSPS) is 10.2. The van der Waals surface area contributed by atoms with Gasteiger partial charge >= 0.3 is 5.97 Å². The third kappa shape index (κ3) is 1.26. The van der Waals surface area contributed by atoms with Crippen LogP contribution < -0.4 is 0 Å². The maximum atomic E-state index is 10.4. The molecule has 0 aliphatic rings. The van der Waals surface area contributed by atoms with Crippen LogP contribution in [-0.2, 0) is 0 Å². The molecule has 0 fully saturated rings. The molecule has 7 nitrogen and oxygen atoms in total. The average molecular weight is 180 g/mol. The number of nitrogens with zero attached hydrogens (tertiary/aromatic N) is 4. The number of carbonyl (C=O) groups is 1. The molecule has 1 N–H and O–H groups in total. The third-order valence-corrected chi connectivity index (χ3v) is 1.37. The highest BCUT2D eigenvalue weighted by Crippen LogP contribution is 2.03. The first-order valence-corrected chi connectivity index (χ1v) is 3.32. The van der Waals surface area contributed by atoms with Crippen LogP contribution in [0.3, 0.4) is 0 Å². The van der Waals surface area contributed by atoms with Crippen LogP contribution in [0.4, 0.5) is 0 Å². The number of aromatic carboxylic acids is 1. The topological polar surface area (TPSA) is 94.0 Å². The standard InChI is InChI=1S/C6H4N4O3/c11-6(12)5-7-3-10(9-5)4-1-8-13-2-4/h1-3H,(H,11,12). The summed E-state index contributed by atoms with van der Waals surface area (Å²) in [6.07, 6.45) is 4.01. The van der Waals surface area contributed by atoms with E-state index in [1.807, 2.05) is 0 Å². The summed E-state index contributed by atoms with van der Waals surface area (Å²) in [6, 6.07) is 0. The molecular formula is C6H4N4O3. The Morgan fingerprint density at radius 3 is 3.00 bits per heavy atom. The van der Waals surface area contributed by atoms with Crippen LogP contribution in [0.5, 0.6) is 0 Å². The van der Waals surface area contributed by atoms with Crippen LogP contribution in [0.1, 0.15) is 10.6 Å². The molecule has 0 unspecified atom stereocenters. The largest absolute Gasteiger partial charge is 0.475 e. The molecule has 7 heteroatoms. The number of aromatic nitrogens is 4. The van der Waals surface area contributed by atoms with Gasteiger partial charge in [-0.2, -0.15) is 0 Å². The summed E-state index contributed by atoms with van der Waals surface area (Å²) < 4.78 is 5.82. The lowest BCUT2D eigenvalue weighted by Gasteiger charge is -1.88. The van der Waals surface area contributed by atoms with E-state index in [1.165, 1.54) is 23.5 Å². The first kappa shape index (κ1) is 7.47. The van der Waals surface area contributed by atoms with E-state index < -0.39 is 5.97 Å². The van der Waals surface area contributed by atoms with Gasteiger partial charge in [-0.15, -0.1) is 5.10 Å². The zero-order valence-corrected chi connectivity index (χ0v) is 6.28. The molecule has 13 heavy (non-hydrogen) atoms. The van der Waals surface area contributed by atoms with Gasteiger partial charge in [-0.05, 0) is 0 Å². The van der Waals surface area contributed by atoms with Crippen molar-refractivity contribution in [2.45, 2.75) is 0 Å². The zero-order valence-electron chi connectivity index (χ0n) is 6.28. The molecular weight excluding hydrogens is 176 g/mol. The van der Waals surface area contributed by atoms with Crippen LogP contribution in [0, 0.1) is 0 Å². The van der Waals surface area contributed by atoms with Crippen molar-refractivity contribution in [1.29, 1.82) is 0 Å². The summed E-state index contributed by atoms with van der Waals surface area (Å²) in [5.41, 5.74) is 0.528. The van der Waals surface area contributed by atoms with Gasteiger partial charge in [0.2, 0.25) is 0 Å². The van der Waals surface area contributed by atoms with Gasteiger partial charge in [0.1, 0.15) is 18.3 Å². The lowest BCUT2D eigenvalue weighted by molar-refractivity contribution is 0.0683. The molecule has 0 bridgehead atoms. The van der Waals surface area contributed by atoms with E-state index >= 15 is 0 Å². The second kappa shape index (κ2) is 2.70. The van der Waals surface area contributed by atoms with Gasteiger partial charge in [-0.3, -0.25) is 0 Å². The summed E-state index contributed by atoms with van der Waals surface area (Å²) >= 11 is 0. The number of hydrogen-bond donors (Lipinski definition) is 1. The predicted octanol–water partition coefficient (Wildman–Crippen LogP) is -0.0465. The number of rotatable bonds is 2. The van der Waals surface area contributed by atoms with E-state index in [0.29, 0.717) is 5.69 Å². The Kier molecular flexibility index (Phi) is 1.55. The second-order valence-electron chi connectivity index (χ2n) is 2.20. The molecule has 2 heterocycles. The third-order valence-electron chi connectivity index (χ3n) is 1.37. The van der Waals surface area contributed by atoms with Crippen LogP contribution in [-0.4, -0.2) is 31.0 Å². The molecule has 0 radical (unpaired) electrons. The maximum absolute atomic E-state index is 10.4. The lowest BCUT2D eigenvalue weighted by atomic mass is 10.6. The van der Waals surface area contributed by atoms with Gasteiger partial charge in [0, 0.05) is 0 Å². The van der Waals surface area contributed by atoms with Crippen LogP contribution >= 0.6 is 0 Å². The quantitative estimate of drug-likeness (QED) is 0.696. The van der Waals surface area contributed by atoms with Crippen LogP contribution in [0.2, 0.25) is 0 Å². The fourth-order valence-electron chi connectivity index (χ4n) is 0.798. The van der Waals surface area contributed by atoms with E-state index in [9.17, 15) is 4.79 Å². The Bertz CT molecular complexity index is 419. The average Bonchev–Trinajstić information content (AvgIpc) is 2.75. The summed E-state index contributed by atoms with van der Waals surface area (Å²) in [7, 11) is 0. The van der Waals surface area contributed by atoms with Gasteiger partial charge in [-0.1, -0.05) is 5.16 Å². The molecule has 2 rings (SSSR count). The number of hydrogen-bond acceptors (Lipinski definition) is 5. The van der Waals surface area contributed by atoms with Crippen molar-refractivity contribution in [3.8, 4) is 5.69 Å². The van der Waals surface area contributed by atoms with Gasteiger partial charge < -0.3 is 9.63 Å². The molecule has 0 saturated heterocycles. The van der Waals surface area contributed by atoms with Crippen molar-refractivity contribution in [3.63, 3.8) is 0 Å². The van der Waals surface area contributed by atoms with Crippen molar-refractivity contribution in [3.05, 3.63) is 24.6 Å². The molecule has 2 aromatic heterocycles. The van der Waals surface area contributed by atoms with E-state index in [4.69, 9.17) is 5.11 Å². The lowest BCUT2D eigenvalue weighted by Crippen LogP contribution is -2.01. The Morgan fingerprint density at radius 2 is 2.46 bits per heavy atom. The van der Waals surface area contributed by atoms with Gasteiger partial charge in [0.25, 0.3) is 5.82 Å². The zero-order chi connectivity index (χ0) is 9.26. The molecule has 2 aromatic rings. The first-order valence-electron chi connectivity index (χ1n) is 3.32. The molecule has 0 aliphatic heterocycles. The van der Waals surface area contributed by atoms with Crippen molar-refractivity contribution < 1.29 is 14.4 Å². The summed E-state index contributed by atoms with van der Waals surface area (Å²) in [5.74, 6) is -1.43. The van der Waals surface area contributed by atoms with Crippen molar-refractivity contribution >= 4 is 5.97 Å². The Balaban J connectivity index is 2.39. The van der Waals surface area contributed by atoms with Crippen LogP contribution in [0.15, 0.2) is 23.3 Å². The molecule has 0 aliphatic carbocycles. The van der Waals surface area contributed by atoms with E-state index in [-0.39, 0.29) is 5.82 Å². The Labute approximate surface area is 71.6 Å². The Morgan fingerprint density at radius 1 is 1.62 bits per heavy atom. The smallest absolute Gasteiger partial charge is 0.375 e. The highest BCUT2D eigenvalue weighted by molar-refractivity contribution is 5.82. The highest BCUT2D eigenvalue weighted by Gasteiger charge is 2.09. The number of carboxylic acids is 1. The minimum absolute atomic E-state index is 0.263. The minimum atomic E-state index is -1.17.